The highest BCUT2D eigenvalue weighted by molar-refractivity contribution is 14.1. The van der Waals surface area contributed by atoms with Crippen LogP contribution < -0.4 is 0 Å². The van der Waals surface area contributed by atoms with Crippen LogP contribution in [0.25, 0.3) is 0 Å². The van der Waals surface area contributed by atoms with Crippen molar-refractivity contribution in [3.05, 3.63) is 33.4 Å². The molecule has 4 nitrogen and oxygen atoms in total. The molecule has 0 N–H and O–H groups in total. The van der Waals surface area contributed by atoms with Crippen molar-refractivity contribution in [3.63, 3.8) is 0 Å². The Morgan fingerprint density at radius 3 is 2.08 bits per heavy atom. The van der Waals surface area contributed by atoms with Crippen LogP contribution in [0.4, 0.5) is 0 Å². The van der Waals surface area contributed by atoms with Gasteiger partial charge in [0.2, 0.25) is 0 Å². The second-order valence-electron chi connectivity index (χ2n) is 9.25. The number of hydrogen-bond acceptors (Lipinski definition) is 2. The lowest BCUT2D eigenvalue weighted by atomic mass is 9.53. The van der Waals surface area contributed by atoms with Gasteiger partial charge in [-0.3, -0.25) is 9.59 Å². The van der Waals surface area contributed by atoms with E-state index < -0.39 is 5.54 Å². The number of amides is 2. The van der Waals surface area contributed by atoms with E-state index in [9.17, 15) is 9.59 Å². The van der Waals surface area contributed by atoms with Crippen LogP contribution in [-0.4, -0.2) is 33.4 Å². The first-order valence-corrected chi connectivity index (χ1v) is 10.9. The topological polar surface area (TPSA) is 40.6 Å². The van der Waals surface area contributed by atoms with E-state index >= 15 is 0 Å². The first kappa shape index (κ1) is 17.0. The second kappa shape index (κ2) is 5.69. The number of carbonyl (C=O) groups excluding carboxylic acids is 2. The molecule has 5 heteroatoms. The maximum absolute atomic E-state index is 13.3. The lowest BCUT2D eigenvalue weighted by molar-refractivity contribution is -0.230. The Morgan fingerprint density at radius 1 is 1.00 bits per heavy atom. The number of hydrogen-bond donors (Lipinski definition) is 0. The van der Waals surface area contributed by atoms with Crippen molar-refractivity contribution in [2.75, 3.05) is 0 Å². The fraction of sp³-hybridized carbons (Fsp3) is 0.619. The molecule has 4 saturated carbocycles. The van der Waals surface area contributed by atoms with Gasteiger partial charge in [-0.25, -0.2) is 10.0 Å². The maximum atomic E-state index is 13.3. The molecular weight excluding hydrogens is 439 g/mol. The third-order valence-corrected chi connectivity index (χ3v) is 7.94. The van der Waals surface area contributed by atoms with E-state index in [0.29, 0.717) is 17.4 Å². The quantitative estimate of drug-likeness (QED) is 0.619. The number of carbonyl (C=O) groups is 2. The van der Waals surface area contributed by atoms with Crippen LogP contribution in [0, 0.1) is 27.2 Å². The molecular formula is C21H25IN2O2. The van der Waals surface area contributed by atoms with Gasteiger partial charge in [-0.1, -0.05) is 0 Å². The summed E-state index contributed by atoms with van der Waals surface area (Å²) in [4.78, 5) is 26.3. The Kier molecular flexibility index (Phi) is 3.73. The zero-order valence-electron chi connectivity index (χ0n) is 15.3. The molecule has 1 aromatic rings. The molecule has 0 aromatic heterocycles. The molecule has 0 spiro atoms. The number of benzene rings is 1. The van der Waals surface area contributed by atoms with Crippen LogP contribution in [0.15, 0.2) is 24.3 Å². The first-order valence-electron chi connectivity index (χ1n) is 9.80. The molecule has 2 amide bonds. The molecule has 1 aromatic carbocycles. The predicted molar refractivity (Wildman–Crippen MR) is 107 cm³/mol. The fourth-order valence-electron chi connectivity index (χ4n) is 6.32. The van der Waals surface area contributed by atoms with Gasteiger partial charge >= 0.3 is 0 Å². The summed E-state index contributed by atoms with van der Waals surface area (Å²) in [7, 11) is 0. The van der Waals surface area contributed by atoms with Gasteiger partial charge in [-0.15, -0.1) is 0 Å². The van der Waals surface area contributed by atoms with Crippen molar-refractivity contribution in [2.45, 2.75) is 57.5 Å². The normalized spacial score (nSPS) is 37.0. The smallest absolute Gasteiger partial charge is 0.270 e. The Bertz CT molecular complexity index is 745. The molecule has 0 atom stereocenters. The lowest BCUT2D eigenvalue weighted by Gasteiger charge is -2.65. The van der Waals surface area contributed by atoms with E-state index in [-0.39, 0.29) is 17.9 Å². The Hall–Kier alpha value is -1.11. The summed E-state index contributed by atoms with van der Waals surface area (Å²) < 4.78 is 1.11. The molecule has 138 valence electrons. The van der Waals surface area contributed by atoms with Crippen LogP contribution in [0.2, 0.25) is 0 Å². The van der Waals surface area contributed by atoms with E-state index in [0.717, 1.165) is 15.4 Å². The molecule has 4 bridgehead atoms. The highest BCUT2D eigenvalue weighted by Crippen LogP contribution is 2.57. The van der Waals surface area contributed by atoms with Crippen molar-refractivity contribution in [3.8, 4) is 0 Å². The monoisotopic (exact) mass is 464 g/mol. The number of hydrazine groups is 1. The molecule has 5 fully saturated rings. The van der Waals surface area contributed by atoms with E-state index in [1.54, 1.807) is 5.01 Å². The van der Waals surface area contributed by atoms with Crippen LogP contribution in [0.3, 0.4) is 0 Å². The summed E-state index contributed by atoms with van der Waals surface area (Å²) >= 11 is 2.24. The van der Waals surface area contributed by atoms with Gasteiger partial charge in [0, 0.05) is 9.13 Å². The lowest BCUT2D eigenvalue weighted by Crippen LogP contribution is -2.80. The van der Waals surface area contributed by atoms with E-state index in [2.05, 4.69) is 22.6 Å². The van der Waals surface area contributed by atoms with Gasteiger partial charge in [0.1, 0.15) is 5.54 Å². The standard InChI is InChI=1S/C21H25IN2O2/c1-21(2)20(26)23(24(21)19(25)14-3-5-17(22)6-4-14)18-15-8-12-7-13(10-15)11-16(18)9-12/h3-6,12-13,15-16,18H,7-11H2,1-2H3. The van der Waals surface area contributed by atoms with Crippen molar-refractivity contribution in [1.29, 1.82) is 0 Å². The summed E-state index contributed by atoms with van der Waals surface area (Å²) in [6, 6.07) is 7.89. The average Bonchev–Trinajstić information content (AvgIpc) is 2.59. The van der Waals surface area contributed by atoms with Crippen molar-refractivity contribution in [1.82, 2.24) is 10.0 Å². The van der Waals surface area contributed by atoms with Gasteiger partial charge in [0.25, 0.3) is 11.8 Å². The highest BCUT2D eigenvalue weighted by Gasteiger charge is 2.62. The number of rotatable bonds is 2. The predicted octanol–water partition coefficient (Wildman–Crippen LogP) is 4.09. The minimum absolute atomic E-state index is 0.0418. The zero-order valence-corrected chi connectivity index (χ0v) is 17.5. The number of nitrogens with zero attached hydrogens (tertiary/aromatic N) is 2. The summed E-state index contributed by atoms with van der Waals surface area (Å²) in [5.41, 5.74) is -0.0748. The third-order valence-electron chi connectivity index (χ3n) is 7.22. The van der Waals surface area contributed by atoms with Crippen molar-refractivity contribution < 1.29 is 9.59 Å². The van der Waals surface area contributed by atoms with Crippen molar-refractivity contribution in [2.24, 2.45) is 23.7 Å². The molecule has 1 aliphatic heterocycles. The first-order chi connectivity index (χ1) is 12.4. The molecule has 0 unspecified atom stereocenters. The zero-order chi connectivity index (χ0) is 18.2. The third kappa shape index (κ3) is 2.31. The molecule has 5 aliphatic rings. The van der Waals surface area contributed by atoms with Gasteiger partial charge < -0.3 is 0 Å². The number of halogens is 1. The summed E-state index contributed by atoms with van der Waals surface area (Å²) in [5, 5.41) is 3.64. The van der Waals surface area contributed by atoms with Crippen LogP contribution in [0.5, 0.6) is 0 Å². The van der Waals surface area contributed by atoms with E-state index in [4.69, 9.17) is 0 Å². The largest absolute Gasteiger partial charge is 0.273 e. The molecule has 1 saturated heterocycles. The minimum Gasteiger partial charge on any atom is -0.270 e. The Morgan fingerprint density at radius 2 is 1.54 bits per heavy atom. The SMILES string of the molecule is CC1(C)C(=O)N(C2C3CC4CC(C3)CC2C4)N1C(=O)c1ccc(I)cc1. The van der Waals surface area contributed by atoms with E-state index in [1.807, 2.05) is 43.1 Å². The van der Waals surface area contributed by atoms with Crippen LogP contribution in [0.1, 0.15) is 56.3 Å². The minimum atomic E-state index is -0.741. The van der Waals surface area contributed by atoms with Crippen molar-refractivity contribution >= 4 is 34.4 Å². The van der Waals surface area contributed by atoms with Gasteiger partial charge in [-0.2, -0.15) is 0 Å². The Labute approximate surface area is 168 Å². The molecule has 0 radical (unpaired) electrons. The molecule has 26 heavy (non-hydrogen) atoms. The summed E-state index contributed by atoms with van der Waals surface area (Å²) in [6.07, 6.45) is 6.37. The van der Waals surface area contributed by atoms with Crippen LogP contribution in [-0.2, 0) is 4.79 Å². The highest BCUT2D eigenvalue weighted by atomic mass is 127. The van der Waals surface area contributed by atoms with Crippen LogP contribution >= 0.6 is 22.6 Å². The summed E-state index contributed by atoms with van der Waals surface area (Å²) in [6.45, 7) is 3.76. The van der Waals surface area contributed by atoms with E-state index in [1.165, 1.54) is 32.1 Å². The molecule has 4 aliphatic carbocycles. The van der Waals surface area contributed by atoms with Gasteiger partial charge in [0.05, 0.1) is 6.04 Å². The maximum Gasteiger partial charge on any atom is 0.273 e. The van der Waals surface area contributed by atoms with Gasteiger partial charge in [-0.05, 0) is 116 Å². The molecule has 6 rings (SSSR count). The van der Waals surface area contributed by atoms with Gasteiger partial charge in [0.15, 0.2) is 0 Å². The Balaban J connectivity index is 1.47. The molecule has 1 heterocycles. The fourth-order valence-corrected chi connectivity index (χ4v) is 6.68. The average molecular weight is 464 g/mol. The summed E-state index contributed by atoms with van der Waals surface area (Å²) in [5.74, 6) is 2.96. The second-order valence-corrected chi connectivity index (χ2v) is 10.5.